The normalized spacial score (nSPS) is 12.0. The smallest absolute Gasteiger partial charge is 0.345 e. The van der Waals surface area contributed by atoms with E-state index < -0.39 is 17.1 Å². The van der Waals surface area contributed by atoms with Crippen molar-refractivity contribution in [1.29, 1.82) is 0 Å². The van der Waals surface area contributed by atoms with Crippen LogP contribution in [0.15, 0.2) is 11.4 Å². The van der Waals surface area contributed by atoms with Gasteiger partial charge in [-0.1, -0.05) is 0 Å². The predicted molar refractivity (Wildman–Crippen MR) is 56.9 cm³/mol. The number of rotatable bonds is 4. The van der Waals surface area contributed by atoms with Crippen molar-refractivity contribution in [3.05, 3.63) is 11.8 Å². The Kier molecular flexibility index (Phi) is 4.51. The van der Waals surface area contributed by atoms with E-state index in [4.69, 9.17) is 9.47 Å². The first-order valence-corrected chi connectivity index (χ1v) is 6.07. The van der Waals surface area contributed by atoms with Crippen LogP contribution in [0, 0.1) is 0 Å². The number of carbonyl (C=O) groups is 1. The molecule has 0 radical (unpaired) electrons. The van der Waals surface area contributed by atoms with Gasteiger partial charge in [-0.25, -0.2) is 4.79 Å². The minimum absolute atomic E-state index is 0.0682. The number of nitrogens with zero attached hydrogens (tertiary/aromatic N) is 2. The highest BCUT2D eigenvalue weighted by Gasteiger charge is 2.19. The standard InChI is InChI=1S/C9H12N2O4S/c1-4-15-8(12)6-5-10-9(16(3)13)11-7(6)14-2/h5H,4H2,1-3H3. The Labute approximate surface area is 96.2 Å². The maximum atomic E-state index is 11.4. The molecule has 0 aliphatic carbocycles. The summed E-state index contributed by atoms with van der Waals surface area (Å²) in [5.41, 5.74) is 0.124. The molecule has 7 heteroatoms. The molecular formula is C9H12N2O4S. The van der Waals surface area contributed by atoms with E-state index in [0.29, 0.717) is 0 Å². The van der Waals surface area contributed by atoms with Crippen LogP contribution in [0.3, 0.4) is 0 Å². The Hall–Kier alpha value is -1.34. The second-order valence-electron chi connectivity index (χ2n) is 2.75. The van der Waals surface area contributed by atoms with Crippen LogP contribution in [0.1, 0.15) is 17.3 Å². The molecule has 16 heavy (non-hydrogen) atoms. The maximum Gasteiger partial charge on any atom is 0.345 e. The van der Waals surface area contributed by atoms with Gasteiger partial charge in [0.05, 0.1) is 19.9 Å². The molecule has 1 unspecified atom stereocenters. The van der Waals surface area contributed by atoms with Gasteiger partial charge in [-0.15, -0.1) is 4.98 Å². The largest absolute Gasteiger partial charge is 0.609 e. The van der Waals surface area contributed by atoms with Gasteiger partial charge in [0.25, 0.3) is 0 Å². The van der Waals surface area contributed by atoms with Crippen molar-refractivity contribution >= 4 is 17.1 Å². The Bertz CT molecular complexity index is 384. The monoisotopic (exact) mass is 244 g/mol. The van der Waals surface area contributed by atoms with Gasteiger partial charge in [0, 0.05) is 11.2 Å². The summed E-state index contributed by atoms with van der Waals surface area (Å²) >= 11 is -1.32. The van der Waals surface area contributed by atoms with E-state index in [1.165, 1.54) is 19.6 Å². The quantitative estimate of drug-likeness (QED) is 0.433. The van der Waals surface area contributed by atoms with Crippen LogP contribution in [0.4, 0.5) is 0 Å². The van der Waals surface area contributed by atoms with Gasteiger partial charge in [0.15, 0.2) is 0 Å². The molecule has 1 atom stereocenters. The average Bonchev–Trinajstić information content (AvgIpc) is 2.28. The van der Waals surface area contributed by atoms with E-state index in [2.05, 4.69) is 9.97 Å². The first-order valence-electron chi connectivity index (χ1n) is 4.51. The van der Waals surface area contributed by atoms with Crippen LogP contribution in [0.25, 0.3) is 0 Å². The molecule has 0 fully saturated rings. The van der Waals surface area contributed by atoms with Crippen molar-refractivity contribution in [1.82, 2.24) is 9.97 Å². The molecule has 1 rings (SSSR count). The predicted octanol–water partition coefficient (Wildman–Crippen LogP) is 0.399. The summed E-state index contributed by atoms with van der Waals surface area (Å²) in [6, 6.07) is 0. The molecule has 1 heterocycles. The Morgan fingerprint density at radius 3 is 2.81 bits per heavy atom. The maximum absolute atomic E-state index is 11.4. The lowest BCUT2D eigenvalue weighted by Crippen LogP contribution is -2.12. The van der Waals surface area contributed by atoms with Crippen molar-refractivity contribution in [2.24, 2.45) is 0 Å². The topological polar surface area (TPSA) is 84.4 Å². The number of methoxy groups -OCH3 is 1. The van der Waals surface area contributed by atoms with Crippen molar-refractivity contribution in [3.8, 4) is 5.88 Å². The highest BCUT2D eigenvalue weighted by Crippen LogP contribution is 2.17. The molecule has 88 valence electrons. The third-order valence-electron chi connectivity index (χ3n) is 1.68. The van der Waals surface area contributed by atoms with Crippen LogP contribution in [0.2, 0.25) is 0 Å². The summed E-state index contributed by atoms with van der Waals surface area (Å²) in [5, 5.41) is 0.116. The summed E-state index contributed by atoms with van der Waals surface area (Å²) in [4.78, 5) is 19.1. The van der Waals surface area contributed by atoms with Crippen LogP contribution in [0.5, 0.6) is 5.88 Å². The average molecular weight is 244 g/mol. The minimum Gasteiger partial charge on any atom is -0.609 e. The first-order chi connectivity index (χ1) is 7.60. The van der Waals surface area contributed by atoms with E-state index in [1.54, 1.807) is 6.92 Å². The van der Waals surface area contributed by atoms with E-state index in [1.807, 2.05) is 0 Å². The van der Waals surface area contributed by atoms with Gasteiger partial charge in [-0.2, -0.15) is 4.98 Å². The van der Waals surface area contributed by atoms with Gasteiger partial charge < -0.3 is 14.0 Å². The summed E-state index contributed by atoms with van der Waals surface area (Å²) in [7, 11) is 1.37. The molecule has 0 spiro atoms. The number of hydrogen-bond donors (Lipinski definition) is 0. The van der Waals surface area contributed by atoms with Gasteiger partial charge >= 0.3 is 11.1 Å². The first kappa shape index (κ1) is 12.7. The van der Waals surface area contributed by atoms with E-state index in [0.717, 1.165) is 0 Å². The van der Waals surface area contributed by atoms with E-state index in [-0.39, 0.29) is 23.2 Å². The van der Waals surface area contributed by atoms with Gasteiger partial charge in [-0.05, 0) is 6.92 Å². The lowest BCUT2D eigenvalue weighted by molar-refractivity contribution is 0.0520. The van der Waals surface area contributed by atoms with Crippen molar-refractivity contribution in [2.75, 3.05) is 20.0 Å². The molecule has 6 nitrogen and oxygen atoms in total. The second-order valence-corrected chi connectivity index (χ2v) is 4.02. The number of carbonyl (C=O) groups excluding carboxylic acids is 1. The molecule has 0 N–H and O–H groups in total. The lowest BCUT2D eigenvalue weighted by atomic mass is 10.3. The second kappa shape index (κ2) is 5.66. The van der Waals surface area contributed by atoms with Crippen molar-refractivity contribution in [2.45, 2.75) is 12.1 Å². The summed E-state index contributed by atoms with van der Waals surface area (Å²) in [6.07, 6.45) is 2.69. The van der Waals surface area contributed by atoms with E-state index in [9.17, 15) is 9.35 Å². The number of ether oxygens (including phenoxy) is 2. The molecule has 0 saturated carbocycles. The van der Waals surface area contributed by atoms with Crippen LogP contribution in [-0.4, -0.2) is 40.5 Å². The molecular weight excluding hydrogens is 232 g/mol. The third-order valence-corrected chi connectivity index (χ3v) is 2.39. The molecule has 1 aromatic rings. The lowest BCUT2D eigenvalue weighted by Gasteiger charge is -2.07. The zero-order valence-corrected chi connectivity index (χ0v) is 10.0. The molecule has 1 aromatic heterocycles. The minimum atomic E-state index is -1.32. The Balaban J connectivity index is 3.06. The Morgan fingerprint density at radius 2 is 2.31 bits per heavy atom. The van der Waals surface area contributed by atoms with Gasteiger partial charge in [0.1, 0.15) is 11.8 Å². The fourth-order valence-corrected chi connectivity index (χ4v) is 1.41. The van der Waals surface area contributed by atoms with Crippen LogP contribution < -0.4 is 4.74 Å². The number of hydrogen-bond acceptors (Lipinski definition) is 6. The molecule has 0 aliphatic rings. The molecule has 0 aromatic carbocycles. The van der Waals surface area contributed by atoms with Gasteiger partial charge in [-0.3, -0.25) is 0 Å². The van der Waals surface area contributed by atoms with E-state index >= 15 is 0 Å². The molecule has 0 aliphatic heterocycles. The fraction of sp³-hybridized carbons (Fsp3) is 0.444. The zero-order valence-electron chi connectivity index (χ0n) is 9.22. The highest BCUT2D eigenvalue weighted by molar-refractivity contribution is 7.90. The summed E-state index contributed by atoms with van der Waals surface area (Å²) in [6.45, 7) is 1.95. The van der Waals surface area contributed by atoms with Crippen LogP contribution in [-0.2, 0) is 15.9 Å². The molecule has 0 bridgehead atoms. The summed E-state index contributed by atoms with van der Waals surface area (Å²) in [5.74, 6) is -0.494. The third kappa shape index (κ3) is 2.83. The zero-order chi connectivity index (χ0) is 12.1. The summed E-state index contributed by atoms with van der Waals surface area (Å²) < 4.78 is 20.8. The molecule has 0 amide bonds. The van der Waals surface area contributed by atoms with Gasteiger partial charge in [0.2, 0.25) is 5.88 Å². The highest BCUT2D eigenvalue weighted by atomic mass is 32.2. The number of esters is 1. The van der Waals surface area contributed by atoms with Crippen molar-refractivity contribution in [3.63, 3.8) is 0 Å². The van der Waals surface area contributed by atoms with Crippen LogP contribution >= 0.6 is 0 Å². The fourth-order valence-electron chi connectivity index (χ4n) is 0.994. The molecule has 0 saturated heterocycles. The number of aromatic nitrogens is 2. The van der Waals surface area contributed by atoms with Crippen molar-refractivity contribution < 1.29 is 18.8 Å². The Morgan fingerprint density at radius 1 is 1.62 bits per heavy atom. The SMILES string of the molecule is CCOC(=O)c1cnc([S+](C)[O-])nc1OC.